The Kier molecular flexibility index (Phi) is 11.5. The molecule has 3 unspecified atom stereocenters. The Morgan fingerprint density at radius 3 is 2.37 bits per heavy atom. The van der Waals surface area contributed by atoms with E-state index in [1.165, 1.54) is 4.90 Å². The summed E-state index contributed by atoms with van der Waals surface area (Å²) in [6, 6.07) is 14.6. The molecule has 0 heterocycles. The third-order valence-electron chi connectivity index (χ3n) is 6.11. The van der Waals surface area contributed by atoms with Crippen molar-refractivity contribution >= 4 is 24.0 Å². The summed E-state index contributed by atoms with van der Waals surface area (Å²) in [6.45, 7) is 12.6. The number of hydrogen-bond donors (Lipinski definition) is 3. The van der Waals surface area contributed by atoms with Crippen molar-refractivity contribution in [2.24, 2.45) is 5.92 Å². The summed E-state index contributed by atoms with van der Waals surface area (Å²) in [5.41, 5.74) is 1.51. The molecule has 0 bridgehead atoms. The zero-order chi connectivity index (χ0) is 28.3. The van der Waals surface area contributed by atoms with Crippen molar-refractivity contribution in [1.29, 1.82) is 0 Å². The van der Waals surface area contributed by atoms with Gasteiger partial charge in [-0.05, 0) is 49.4 Å². The van der Waals surface area contributed by atoms with E-state index in [1.807, 2.05) is 50.2 Å². The highest BCUT2D eigenvalue weighted by Gasteiger charge is 2.38. The highest BCUT2D eigenvalue weighted by molar-refractivity contribution is 5.92. The Morgan fingerprint density at radius 1 is 1.11 bits per heavy atom. The van der Waals surface area contributed by atoms with Gasteiger partial charge in [-0.2, -0.15) is 0 Å². The van der Waals surface area contributed by atoms with Crippen LogP contribution in [0.3, 0.4) is 0 Å². The molecular formula is C30H41N3O5. The number of nitrogens with zero attached hydrogens (tertiary/aromatic N) is 1. The van der Waals surface area contributed by atoms with Gasteiger partial charge in [0.15, 0.2) is 0 Å². The molecule has 0 saturated heterocycles. The second-order valence-corrected chi connectivity index (χ2v) is 10.2. The Bertz CT molecular complexity index is 1080. The quantitative estimate of drug-likeness (QED) is 0.381. The van der Waals surface area contributed by atoms with Crippen molar-refractivity contribution in [2.75, 3.05) is 13.2 Å². The van der Waals surface area contributed by atoms with Gasteiger partial charge in [0.05, 0.1) is 6.61 Å². The van der Waals surface area contributed by atoms with E-state index < -0.39 is 35.6 Å². The smallest absolute Gasteiger partial charge is 0.408 e. The Hall–Kier alpha value is -3.65. The maximum Gasteiger partial charge on any atom is 0.408 e. The molecule has 8 nitrogen and oxygen atoms in total. The third kappa shape index (κ3) is 9.03. The van der Waals surface area contributed by atoms with Crippen LogP contribution in [0.1, 0.15) is 63.8 Å². The minimum Gasteiger partial charge on any atom is -0.444 e. The highest BCUT2D eigenvalue weighted by Crippen LogP contribution is 2.26. The number of carbonyl (C=O) groups excluding carboxylic acids is 3. The second-order valence-electron chi connectivity index (χ2n) is 10.2. The summed E-state index contributed by atoms with van der Waals surface area (Å²) in [7, 11) is 0. The van der Waals surface area contributed by atoms with Crippen molar-refractivity contribution in [3.05, 3.63) is 77.9 Å². The normalized spacial score (nSPS) is 13.5. The predicted octanol–water partition coefficient (Wildman–Crippen LogP) is 4.45. The van der Waals surface area contributed by atoms with E-state index in [0.717, 1.165) is 11.1 Å². The number of carbonyl (C=O) groups is 3. The molecule has 0 radical (unpaired) electrons. The molecule has 0 saturated carbocycles. The van der Waals surface area contributed by atoms with Gasteiger partial charge in [-0.1, -0.05) is 81.5 Å². The summed E-state index contributed by atoms with van der Waals surface area (Å²) >= 11 is 0. The fraction of sp³-hybridized carbons (Fsp3) is 0.433. The van der Waals surface area contributed by atoms with Gasteiger partial charge in [-0.3, -0.25) is 9.59 Å². The van der Waals surface area contributed by atoms with Gasteiger partial charge >= 0.3 is 6.09 Å². The maximum atomic E-state index is 14.0. The number of nitrogens with one attached hydrogen (secondary N) is 2. The first-order valence-electron chi connectivity index (χ1n) is 13.0. The van der Waals surface area contributed by atoms with Crippen molar-refractivity contribution in [3.8, 4) is 0 Å². The van der Waals surface area contributed by atoms with Crippen molar-refractivity contribution in [2.45, 2.75) is 65.3 Å². The molecule has 0 aliphatic carbocycles. The molecule has 0 aromatic heterocycles. The van der Waals surface area contributed by atoms with E-state index in [1.54, 1.807) is 45.0 Å². The standard InChI is InChI=1S/C30H41N3O5/c1-7-21(3)25(32-29(37)38-30(4,5)6)28(36)33(17-18-34)26(24-16-12-15-22(8-2)19-24)27(35)31-20-23-13-10-9-11-14-23/h8-16,19,21,25-26,34H,2,7,17-18,20H2,1,3-6H3,(H,31,35)(H,32,37). The topological polar surface area (TPSA) is 108 Å². The van der Waals surface area contributed by atoms with Crippen LogP contribution in [0.25, 0.3) is 6.08 Å². The molecule has 38 heavy (non-hydrogen) atoms. The van der Waals surface area contributed by atoms with Crippen LogP contribution in [0.15, 0.2) is 61.2 Å². The van der Waals surface area contributed by atoms with Crippen LogP contribution < -0.4 is 10.6 Å². The van der Waals surface area contributed by atoms with Crippen LogP contribution >= 0.6 is 0 Å². The molecule has 3 N–H and O–H groups in total. The lowest BCUT2D eigenvalue weighted by Crippen LogP contribution is -2.55. The van der Waals surface area contributed by atoms with E-state index in [4.69, 9.17) is 4.74 Å². The first-order chi connectivity index (χ1) is 18.0. The van der Waals surface area contributed by atoms with Crippen LogP contribution in [0.2, 0.25) is 0 Å². The number of aliphatic hydroxyl groups is 1. The Balaban J connectivity index is 2.48. The van der Waals surface area contributed by atoms with E-state index in [2.05, 4.69) is 17.2 Å². The summed E-state index contributed by atoms with van der Waals surface area (Å²) in [4.78, 5) is 41.7. The van der Waals surface area contributed by atoms with Gasteiger partial charge < -0.3 is 25.4 Å². The molecule has 206 valence electrons. The van der Waals surface area contributed by atoms with Crippen LogP contribution in [0.4, 0.5) is 4.79 Å². The Labute approximate surface area is 226 Å². The third-order valence-corrected chi connectivity index (χ3v) is 6.11. The van der Waals surface area contributed by atoms with Gasteiger partial charge in [0.25, 0.3) is 0 Å². The first kappa shape index (κ1) is 30.6. The fourth-order valence-corrected chi connectivity index (χ4v) is 3.98. The average Bonchev–Trinajstić information content (AvgIpc) is 2.89. The lowest BCUT2D eigenvalue weighted by molar-refractivity contribution is -0.144. The molecule has 0 aliphatic rings. The highest BCUT2D eigenvalue weighted by atomic mass is 16.6. The first-order valence-corrected chi connectivity index (χ1v) is 13.0. The molecule has 8 heteroatoms. The molecule has 3 atom stereocenters. The molecule has 2 aromatic rings. The second kappa shape index (κ2) is 14.3. The summed E-state index contributed by atoms with van der Waals surface area (Å²) in [6.07, 6.45) is 1.53. The Morgan fingerprint density at radius 2 is 1.79 bits per heavy atom. The average molecular weight is 524 g/mol. The van der Waals surface area contributed by atoms with Crippen LogP contribution in [-0.4, -0.2) is 52.7 Å². The van der Waals surface area contributed by atoms with E-state index in [0.29, 0.717) is 12.0 Å². The van der Waals surface area contributed by atoms with Crippen molar-refractivity contribution in [3.63, 3.8) is 0 Å². The van der Waals surface area contributed by atoms with Gasteiger partial charge in [0, 0.05) is 13.1 Å². The molecule has 3 amide bonds. The van der Waals surface area contributed by atoms with E-state index in [9.17, 15) is 19.5 Å². The lowest BCUT2D eigenvalue weighted by atomic mass is 9.95. The minimum absolute atomic E-state index is 0.108. The fourth-order valence-electron chi connectivity index (χ4n) is 3.98. The van der Waals surface area contributed by atoms with Gasteiger partial charge in [-0.25, -0.2) is 4.79 Å². The zero-order valence-electron chi connectivity index (χ0n) is 23.1. The number of alkyl carbamates (subject to hydrolysis) is 1. The minimum atomic E-state index is -1.05. The van der Waals surface area contributed by atoms with E-state index in [-0.39, 0.29) is 25.6 Å². The van der Waals surface area contributed by atoms with Crippen molar-refractivity contribution < 1.29 is 24.2 Å². The predicted molar refractivity (Wildman–Crippen MR) is 149 cm³/mol. The van der Waals surface area contributed by atoms with E-state index >= 15 is 0 Å². The van der Waals surface area contributed by atoms with Crippen LogP contribution in [0.5, 0.6) is 0 Å². The SMILES string of the molecule is C=Cc1cccc(C(C(=O)NCc2ccccc2)N(CCO)C(=O)C(NC(=O)OC(C)(C)C)C(C)CC)c1. The maximum absolute atomic E-state index is 14.0. The number of rotatable bonds is 12. The number of benzene rings is 2. The number of ether oxygens (including phenoxy) is 1. The van der Waals surface area contributed by atoms with Crippen molar-refractivity contribution in [1.82, 2.24) is 15.5 Å². The molecule has 0 spiro atoms. The molecule has 2 aromatic carbocycles. The van der Waals surface area contributed by atoms with Gasteiger partial charge in [0.2, 0.25) is 11.8 Å². The summed E-state index contributed by atoms with van der Waals surface area (Å²) in [5, 5.41) is 15.6. The van der Waals surface area contributed by atoms with Crippen LogP contribution in [0, 0.1) is 5.92 Å². The monoisotopic (exact) mass is 523 g/mol. The largest absolute Gasteiger partial charge is 0.444 e. The number of amides is 3. The van der Waals surface area contributed by atoms with Gasteiger partial charge in [0.1, 0.15) is 17.7 Å². The zero-order valence-corrected chi connectivity index (χ0v) is 23.1. The number of hydrogen-bond acceptors (Lipinski definition) is 5. The number of aliphatic hydroxyl groups excluding tert-OH is 1. The molecule has 2 rings (SSSR count). The molecule has 0 fully saturated rings. The summed E-state index contributed by atoms with van der Waals surface area (Å²) in [5.74, 6) is -1.15. The van der Waals surface area contributed by atoms with Gasteiger partial charge in [-0.15, -0.1) is 0 Å². The van der Waals surface area contributed by atoms with Crippen LogP contribution in [-0.2, 0) is 20.9 Å². The summed E-state index contributed by atoms with van der Waals surface area (Å²) < 4.78 is 5.40. The molecular weight excluding hydrogens is 482 g/mol. The molecule has 0 aliphatic heterocycles. The lowest BCUT2D eigenvalue weighted by Gasteiger charge is -2.35.